The average molecular weight is 720 g/mol. The molecule has 3 aliphatic rings. The minimum Gasteiger partial charge on any atom is -0.463 e. The Morgan fingerprint density at radius 1 is 0.694 bits per heavy atom. The number of esters is 5. The molecule has 2 saturated heterocycles. The van der Waals surface area contributed by atoms with Gasteiger partial charge in [0.25, 0.3) is 0 Å². The van der Waals surface area contributed by atoms with Gasteiger partial charge in [-0.05, 0) is 31.9 Å². The third-order valence-electron chi connectivity index (χ3n) is 7.92. The summed E-state index contributed by atoms with van der Waals surface area (Å²) < 4.78 is 52.2. The monoisotopic (exact) mass is 719 g/mol. The number of thioether (sulfide) groups is 1. The molecule has 17 heteroatoms. The van der Waals surface area contributed by atoms with Crippen molar-refractivity contribution in [1.82, 2.24) is 5.32 Å². The van der Waals surface area contributed by atoms with Crippen LogP contribution in [-0.2, 0) is 71.4 Å². The zero-order valence-electron chi connectivity index (χ0n) is 29.0. The van der Waals surface area contributed by atoms with E-state index in [1.54, 1.807) is 0 Å². The minimum absolute atomic E-state index is 0.233. The molecular formula is C32H49NO15S. The van der Waals surface area contributed by atoms with Gasteiger partial charge in [-0.25, -0.2) is 0 Å². The van der Waals surface area contributed by atoms with E-state index in [4.69, 9.17) is 42.6 Å². The number of nitrogens with one attached hydrogen (secondary N) is 1. The summed E-state index contributed by atoms with van der Waals surface area (Å²) in [4.78, 5) is 73.3. The van der Waals surface area contributed by atoms with Crippen molar-refractivity contribution < 1.29 is 71.4 Å². The predicted molar refractivity (Wildman–Crippen MR) is 170 cm³/mol. The maximum absolute atomic E-state index is 12.6. The Morgan fingerprint density at radius 2 is 1.27 bits per heavy atom. The first-order valence-electron chi connectivity index (χ1n) is 16.4. The molecule has 16 nitrogen and oxygen atoms in total. The van der Waals surface area contributed by atoms with Gasteiger partial charge >= 0.3 is 29.8 Å². The molecule has 4 unspecified atom stereocenters. The van der Waals surface area contributed by atoms with Gasteiger partial charge in [0.1, 0.15) is 24.9 Å². The van der Waals surface area contributed by atoms with Crippen LogP contribution >= 0.6 is 11.8 Å². The van der Waals surface area contributed by atoms with Crippen molar-refractivity contribution in [1.29, 1.82) is 0 Å². The minimum atomic E-state index is -1.54. The molecule has 1 saturated carbocycles. The first-order chi connectivity index (χ1) is 23.2. The maximum atomic E-state index is 12.6. The van der Waals surface area contributed by atoms with Gasteiger partial charge in [-0.1, -0.05) is 12.8 Å². The second-order valence-electron chi connectivity index (χ2n) is 12.2. The molecule has 2 heterocycles. The largest absolute Gasteiger partial charge is 0.463 e. The van der Waals surface area contributed by atoms with E-state index in [2.05, 4.69) is 5.32 Å². The summed E-state index contributed by atoms with van der Waals surface area (Å²) in [6, 6.07) is -1.15. The Kier molecular flexibility index (Phi) is 16.0. The summed E-state index contributed by atoms with van der Waals surface area (Å²) in [6.07, 6.45) is -6.11. The quantitative estimate of drug-likeness (QED) is 0.146. The number of hydrogen-bond acceptors (Lipinski definition) is 16. The number of amides is 1. The summed E-state index contributed by atoms with van der Waals surface area (Å²) in [5.41, 5.74) is 0. The molecular weight excluding hydrogens is 670 g/mol. The van der Waals surface area contributed by atoms with Crippen LogP contribution in [0.4, 0.5) is 0 Å². The fraction of sp³-hybridized carbons (Fsp3) is 0.812. The normalized spacial score (nSPS) is 31.7. The predicted octanol–water partition coefficient (Wildman–Crippen LogP) is 1.72. The average Bonchev–Trinajstić information content (AvgIpc) is 3.51. The zero-order valence-corrected chi connectivity index (χ0v) is 29.9. The smallest absolute Gasteiger partial charge is 0.303 e. The number of carbonyl (C=O) groups is 6. The van der Waals surface area contributed by atoms with Gasteiger partial charge in [-0.15, -0.1) is 0 Å². The first kappa shape index (κ1) is 40.4. The molecule has 0 radical (unpaired) electrons. The molecule has 0 spiro atoms. The maximum Gasteiger partial charge on any atom is 0.303 e. The van der Waals surface area contributed by atoms with Crippen LogP contribution < -0.4 is 5.32 Å². The van der Waals surface area contributed by atoms with Crippen molar-refractivity contribution >= 4 is 47.5 Å². The second kappa shape index (κ2) is 19.4. The van der Waals surface area contributed by atoms with Gasteiger partial charge in [0.2, 0.25) is 5.91 Å². The van der Waals surface area contributed by atoms with Crippen LogP contribution in [0.2, 0.25) is 0 Å². The van der Waals surface area contributed by atoms with Crippen LogP contribution in [0.3, 0.4) is 0 Å². The molecule has 10 atom stereocenters. The lowest BCUT2D eigenvalue weighted by atomic mass is 9.94. The Hall–Kier alpha value is -2.99. The molecule has 1 N–H and O–H groups in total. The van der Waals surface area contributed by atoms with Crippen LogP contribution in [0.25, 0.3) is 0 Å². The standard InChI is InChI=1S/C32H49NO15S/c1-16-26(43-19(4)36)29(45-21(6)38)30(46-22(7)39)32(42-16)48-28-25(33-17(2)34)31(40-13-10-14-49-23-11-8-9-12-23)47-24(15-41-18(3)35)27(28)44-20(5)37/h16,23-32H,8-15H2,1-7H3,(H,33,34)/t16?,24?,25?,26-,27-,28+,29-,30?,31+,32-/m0/s1. The van der Waals surface area contributed by atoms with E-state index >= 15 is 0 Å². The van der Waals surface area contributed by atoms with Gasteiger partial charge in [0.15, 0.2) is 37.0 Å². The van der Waals surface area contributed by atoms with Crippen molar-refractivity contribution in [3.8, 4) is 0 Å². The van der Waals surface area contributed by atoms with Gasteiger partial charge in [-0.2, -0.15) is 11.8 Å². The fourth-order valence-electron chi connectivity index (χ4n) is 6.06. The van der Waals surface area contributed by atoms with Crippen molar-refractivity contribution in [2.45, 2.75) is 147 Å². The Labute approximate surface area is 290 Å². The van der Waals surface area contributed by atoms with E-state index in [0.29, 0.717) is 11.7 Å². The molecule has 0 aromatic carbocycles. The lowest BCUT2D eigenvalue weighted by molar-refractivity contribution is -0.343. The Bertz CT molecular complexity index is 1160. The first-order valence-corrected chi connectivity index (χ1v) is 17.5. The fourth-order valence-corrected chi connectivity index (χ4v) is 7.35. The van der Waals surface area contributed by atoms with Crippen molar-refractivity contribution in [2.24, 2.45) is 0 Å². The number of hydrogen-bond donors (Lipinski definition) is 1. The topological polar surface area (TPSA) is 198 Å². The summed E-state index contributed by atoms with van der Waals surface area (Å²) >= 11 is 1.88. The van der Waals surface area contributed by atoms with E-state index < -0.39 is 97.1 Å². The SMILES string of the molecule is CC(=O)NC1[C@H](OCCCSC2CCCC2)OC(COC(C)=O)[C@H](OC(C)=O)[C@@H]1O[C@@H]1OC(C)[C@H](OC(C)=O)[C@H](OC(C)=O)C1OC(C)=O. The summed E-state index contributed by atoms with van der Waals surface area (Å²) in [6.45, 7) is 8.39. The number of ether oxygens (including phenoxy) is 9. The van der Waals surface area contributed by atoms with Crippen LogP contribution in [0.15, 0.2) is 0 Å². The summed E-state index contributed by atoms with van der Waals surface area (Å²) in [7, 11) is 0. The van der Waals surface area contributed by atoms with Crippen molar-refractivity contribution in [3.63, 3.8) is 0 Å². The van der Waals surface area contributed by atoms with Crippen LogP contribution in [0.5, 0.6) is 0 Å². The molecule has 1 amide bonds. The molecule has 1 aliphatic carbocycles. The van der Waals surface area contributed by atoms with E-state index in [1.807, 2.05) is 11.8 Å². The lowest BCUT2D eigenvalue weighted by Crippen LogP contribution is -2.69. The van der Waals surface area contributed by atoms with Gasteiger partial charge < -0.3 is 47.9 Å². The van der Waals surface area contributed by atoms with Gasteiger partial charge in [0.05, 0.1) is 12.7 Å². The lowest BCUT2D eigenvalue weighted by Gasteiger charge is -2.49. The van der Waals surface area contributed by atoms with Crippen LogP contribution in [-0.4, -0.2) is 121 Å². The summed E-state index contributed by atoms with van der Waals surface area (Å²) in [5, 5.41) is 3.37. The molecule has 0 bridgehead atoms. The highest BCUT2D eigenvalue weighted by Gasteiger charge is 2.56. The molecule has 0 aromatic rings. The van der Waals surface area contributed by atoms with E-state index in [0.717, 1.165) is 33.4 Å². The molecule has 3 rings (SSSR count). The zero-order chi connectivity index (χ0) is 36.2. The van der Waals surface area contributed by atoms with E-state index in [-0.39, 0.29) is 13.2 Å². The highest BCUT2D eigenvalue weighted by Crippen LogP contribution is 2.35. The molecule has 2 aliphatic heterocycles. The highest BCUT2D eigenvalue weighted by molar-refractivity contribution is 7.99. The Morgan fingerprint density at radius 3 is 1.84 bits per heavy atom. The van der Waals surface area contributed by atoms with Gasteiger partial charge in [0, 0.05) is 46.8 Å². The van der Waals surface area contributed by atoms with Gasteiger partial charge in [-0.3, -0.25) is 28.8 Å². The molecule has 0 aromatic heterocycles. The number of carbonyl (C=O) groups excluding carboxylic acids is 6. The summed E-state index contributed by atoms with van der Waals surface area (Å²) in [5.74, 6) is -3.33. The molecule has 3 fully saturated rings. The van der Waals surface area contributed by atoms with Crippen molar-refractivity contribution in [3.05, 3.63) is 0 Å². The van der Waals surface area contributed by atoms with E-state index in [1.165, 1.54) is 46.5 Å². The third-order valence-corrected chi connectivity index (χ3v) is 9.39. The molecule has 49 heavy (non-hydrogen) atoms. The highest BCUT2D eigenvalue weighted by atomic mass is 32.2. The Balaban J connectivity index is 1.99. The van der Waals surface area contributed by atoms with Crippen LogP contribution in [0, 0.1) is 0 Å². The third kappa shape index (κ3) is 12.7. The number of rotatable bonds is 15. The van der Waals surface area contributed by atoms with Crippen LogP contribution in [0.1, 0.15) is 80.6 Å². The second-order valence-corrected chi connectivity index (χ2v) is 13.6. The van der Waals surface area contributed by atoms with E-state index in [9.17, 15) is 28.8 Å². The van der Waals surface area contributed by atoms with Crippen molar-refractivity contribution in [2.75, 3.05) is 19.0 Å². The molecule has 278 valence electrons.